The quantitative estimate of drug-likeness (QED) is 0.459. The van der Waals surface area contributed by atoms with E-state index in [1.807, 2.05) is 24.3 Å². The number of methoxy groups -OCH3 is 2. The lowest BCUT2D eigenvalue weighted by atomic mass is 9.98. The van der Waals surface area contributed by atoms with Gasteiger partial charge in [-0.1, -0.05) is 42.1 Å². The van der Waals surface area contributed by atoms with Gasteiger partial charge in [0.1, 0.15) is 22.6 Å². The van der Waals surface area contributed by atoms with Gasteiger partial charge in [0.25, 0.3) is 5.91 Å². The Bertz CT molecular complexity index is 1430. The molecule has 5 rings (SSSR count). The van der Waals surface area contributed by atoms with Gasteiger partial charge in [0, 0.05) is 18.4 Å². The van der Waals surface area contributed by atoms with Crippen LogP contribution in [0.1, 0.15) is 30.0 Å². The number of para-hydroxylation sites is 2. The van der Waals surface area contributed by atoms with Crippen LogP contribution in [0.25, 0.3) is 0 Å². The van der Waals surface area contributed by atoms with E-state index in [-0.39, 0.29) is 18.1 Å². The maximum absolute atomic E-state index is 14.9. The Kier molecular flexibility index (Phi) is 7.41. The largest absolute Gasteiger partial charge is 0.497 e. The zero-order chi connectivity index (χ0) is 26.6. The number of amides is 2. The van der Waals surface area contributed by atoms with Crippen LogP contribution in [0, 0.1) is 5.82 Å². The van der Waals surface area contributed by atoms with Crippen molar-refractivity contribution in [1.82, 2.24) is 5.01 Å². The normalized spacial score (nSPS) is 18.7. The van der Waals surface area contributed by atoms with Crippen molar-refractivity contribution < 1.29 is 23.5 Å². The maximum Gasteiger partial charge on any atom is 0.262 e. The zero-order valence-corrected chi connectivity index (χ0v) is 21.6. The number of hydrogen-bond acceptors (Lipinski definition) is 7. The Morgan fingerprint density at radius 2 is 1.79 bits per heavy atom. The molecule has 8 nitrogen and oxygen atoms in total. The van der Waals surface area contributed by atoms with E-state index in [0.29, 0.717) is 34.3 Å². The van der Waals surface area contributed by atoms with Crippen LogP contribution in [-0.4, -0.2) is 47.2 Å². The van der Waals surface area contributed by atoms with Crippen LogP contribution in [0.3, 0.4) is 0 Å². The molecule has 0 aliphatic carbocycles. The monoisotopic (exact) mass is 532 g/mol. The molecule has 2 unspecified atom stereocenters. The number of nitrogens with one attached hydrogen (secondary N) is 1. The first-order valence-corrected chi connectivity index (χ1v) is 12.8. The highest BCUT2D eigenvalue weighted by Gasteiger charge is 2.40. The van der Waals surface area contributed by atoms with E-state index in [1.54, 1.807) is 54.6 Å². The zero-order valence-electron chi connectivity index (χ0n) is 20.8. The van der Waals surface area contributed by atoms with Crippen LogP contribution in [0.2, 0.25) is 0 Å². The van der Waals surface area contributed by atoms with E-state index in [1.165, 1.54) is 13.2 Å². The molecule has 1 N–H and O–H groups in total. The number of benzene rings is 3. The number of rotatable bonds is 7. The molecule has 0 bridgehead atoms. The average Bonchev–Trinajstić information content (AvgIpc) is 3.53. The fourth-order valence-corrected chi connectivity index (χ4v) is 5.42. The number of hydrazone groups is 1. The minimum atomic E-state index is -0.721. The first-order chi connectivity index (χ1) is 18.5. The Hall–Kier alpha value is -4.18. The number of anilines is 1. The molecular formula is C28H25FN4O4S. The van der Waals surface area contributed by atoms with Gasteiger partial charge in [-0.2, -0.15) is 10.1 Å². The number of hydrogen-bond donors (Lipinski definition) is 1. The highest BCUT2D eigenvalue weighted by molar-refractivity contribution is 8.15. The Labute approximate surface area is 223 Å². The molecule has 3 aromatic rings. The van der Waals surface area contributed by atoms with Crippen molar-refractivity contribution in [2.45, 2.75) is 24.1 Å². The first kappa shape index (κ1) is 25.5. The number of nitrogens with zero attached hydrogens (tertiary/aromatic N) is 3. The summed E-state index contributed by atoms with van der Waals surface area (Å²) in [5.41, 5.74) is 2.56. The SMILES string of the molecule is COc1ccc(C2=NN(C3=NC(=O)C(CC(=O)Nc4ccccc4OC)S3)C(c3ccccc3F)C2)cc1. The third-order valence-corrected chi connectivity index (χ3v) is 7.42. The fourth-order valence-electron chi connectivity index (χ4n) is 4.35. The number of aliphatic imine (C=N–C) groups is 1. The van der Waals surface area contributed by atoms with Crippen molar-refractivity contribution >= 4 is 40.1 Å². The van der Waals surface area contributed by atoms with Crippen molar-refractivity contribution in [3.8, 4) is 11.5 Å². The Morgan fingerprint density at radius 1 is 1.05 bits per heavy atom. The van der Waals surface area contributed by atoms with Gasteiger partial charge in [-0.05, 0) is 48.0 Å². The van der Waals surface area contributed by atoms with Crippen LogP contribution in [0.4, 0.5) is 10.1 Å². The van der Waals surface area contributed by atoms with Gasteiger partial charge in [0.2, 0.25) is 5.91 Å². The van der Waals surface area contributed by atoms with Crippen LogP contribution in [0.5, 0.6) is 11.5 Å². The standard InChI is InChI=1S/C28H25FN4O4S/c1-36-18-13-11-17(12-14-18)22-15-23(19-7-3-4-8-20(19)29)33(32-22)28-31-27(35)25(38-28)16-26(34)30-21-9-5-6-10-24(21)37-2/h3-14,23,25H,15-16H2,1-2H3,(H,30,34). The van der Waals surface area contributed by atoms with Gasteiger partial charge in [-0.25, -0.2) is 9.40 Å². The van der Waals surface area contributed by atoms with E-state index >= 15 is 0 Å². The van der Waals surface area contributed by atoms with Crippen LogP contribution >= 0.6 is 11.8 Å². The van der Waals surface area contributed by atoms with E-state index in [0.717, 1.165) is 23.0 Å². The molecule has 38 heavy (non-hydrogen) atoms. The molecule has 0 spiro atoms. The van der Waals surface area contributed by atoms with E-state index < -0.39 is 17.2 Å². The van der Waals surface area contributed by atoms with Crippen molar-refractivity contribution in [2.75, 3.05) is 19.5 Å². The van der Waals surface area contributed by atoms with Crippen LogP contribution in [0.15, 0.2) is 82.9 Å². The number of thioether (sulfide) groups is 1. The molecule has 0 saturated heterocycles. The summed E-state index contributed by atoms with van der Waals surface area (Å²) < 4.78 is 25.4. The van der Waals surface area contributed by atoms with Gasteiger partial charge in [0.05, 0.1) is 31.7 Å². The molecule has 2 atom stereocenters. The maximum atomic E-state index is 14.9. The molecule has 2 amide bonds. The fraction of sp³-hybridized carbons (Fsp3) is 0.214. The lowest BCUT2D eigenvalue weighted by Crippen LogP contribution is -2.25. The van der Waals surface area contributed by atoms with Crippen molar-refractivity contribution in [1.29, 1.82) is 0 Å². The van der Waals surface area contributed by atoms with Gasteiger partial charge in [0.15, 0.2) is 5.17 Å². The number of amidine groups is 1. The van der Waals surface area contributed by atoms with Crippen LogP contribution < -0.4 is 14.8 Å². The lowest BCUT2D eigenvalue weighted by Gasteiger charge is -2.23. The minimum absolute atomic E-state index is 0.0815. The second kappa shape index (κ2) is 11.1. The topological polar surface area (TPSA) is 92.6 Å². The van der Waals surface area contributed by atoms with E-state index in [2.05, 4.69) is 10.3 Å². The lowest BCUT2D eigenvalue weighted by molar-refractivity contribution is -0.121. The first-order valence-electron chi connectivity index (χ1n) is 11.9. The highest BCUT2D eigenvalue weighted by atomic mass is 32.2. The summed E-state index contributed by atoms with van der Waals surface area (Å²) in [4.78, 5) is 29.8. The van der Waals surface area contributed by atoms with Gasteiger partial charge < -0.3 is 14.8 Å². The molecule has 194 valence electrons. The van der Waals surface area contributed by atoms with E-state index in [9.17, 15) is 14.0 Å². The summed E-state index contributed by atoms with van der Waals surface area (Å²) in [5, 5.41) is 8.76. The summed E-state index contributed by atoms with van der Waals surface area (Å²) in [6, 6.07) is 20.5. The molecular weight excluding hydrogens is 507 g/mol. The van der Waals surface area contributed by atoms with Gasteiger partial charge in [-0.15, -0.1) is 0 Å². The molecule has 0 saturated carbocycles. The predicted molar refractivity (Wildman–Crippen MR) is 145 cm³/mol. The third-order valence-electron chi connectivity index (χ3n) is 6.27. The summed E-state index contributed by atoms with van der Waals surface area (Å²) >= 11 is 1.16. The minimum Gasteiger partial charge on any atom is -0.497 e. The average molecular weight is 533 g/mol. The number of ether oxygens (including phenoxy) is 2. The third kappa shape index (κ3) is 5.26. The van der Waals surface area contributed by atoms with Crippen molar-refractivity contribution in [2.24, 2.45) is 10.1 Å². The smallest absolute Gasteiger partial charge is 0.262 e. The number of carbonyl (C=O) groups is 2. The molecule has 2 aliphatic heterocycles. The predicted octanol–water partition coefficient (Wildman–Crippen LogP) is 5.02. The van der Waals surface area contributed by atoms with Crippen LogP contribution in [-0.2, 0) is 9.59 Å². The summed E-state index contributed by atoms with van der Waals surface area (Å²) in [7, 11) is 3.11. The molecule has 0 fully saturated rings. The second-order valence-electron chi connectivity index (χ2n) is 8.65. The molecule has 0 radical (unpaired) electrons. The highest BCUT2D eigenvalue weighted by Crippen LogP contribution is 2.39. The summed E-state index contributed by atoms with van der Waals surface area (Å²) in [6.45, 7) is 0. The van der Waals surface area contributed by atoms with Crippen molar-refractivity contribution in [3.05, 3.63) is 89.7 Å². The summed E-state index contributed by atoms with van der Waals surface area (Å²) in [5.74, 6) is 0.0991. The molecule has 10 heteroatoms. The molecule has 0 aromatic heterocycles. The Balaban J connectivity index is 1.36. The number of halogens is 1. The van der Waals surface area contributed by atoms with Gasteiger partial charge >= 0.3 is 0 Å². The van der Waals surface area contributed by atoms with Gasteiger partial charge in [-0.3, -0.25) is 9.59 Å². The molecule has 2 heterocycles. The number of carbonyl (C=O) groups excluding carboxylic acids is 2. The van der Waals surface area contributed by atoms with Crippen molar-refractivity contribution in [3.63, 3.8) is 0 Å². The second-order valence-corrected chi connectivity index (χ2v) is 9.82. The summed E-state index contributed by atoms with van der Waals surface area (Å²) in [6.07, 6.45) is 0.335. The molecule has 2 aliphatic rings. The molecule has 3 aromatic carbocycles. The Morgan fingerprint density at radius 3 is 2.53 bits per heavy atom. The van der Waals surface area contributed by atoms with E-state index in [4.69, 9.17) is 14.6 Å².